The lowest BCUT2D eigenvalue weighted by atomic mass is 10.0. The molecule has 5 nitrogen and oxygen atoms in total. The highest BCUT2D eigenvalue weighted by atomic mass is 19.2. The van der Waals surface area contributed by atoms with Crippen LogP contribution in [0.1, 0.15) is 26.3 Å². The second-order valence-electron chi connectivity index (χ2n) is 6.61. The van der Waals surface area contributed by atoms with Gasteiger partial charge in [-0.1, -0.05) is 6.07 Å². The summed E-state index contributed by atoms with van der Waals surface area (Å²) in [6.07, 6.45) is -0.272. The van der Waals surface area contributed by atoms with Gasteiger partial charge in [0.15, 0.2) is 11.6 Å². The topological polar surface area (TPSA) is 67.6 Å². The fourth-order valence-electron chi connectivity index (χ4n) is 2.11. The quantitative estimate of drug-likeness (QED) is 0.871. The highest BCUT2D eigenvalue weighted by molar-refractivity contribution is 5.67. The number of benzene rings is 1. The van der Waals surface area contributed by atoms with E-state index < -0.39 is 29.4 Å². The molecule has 0 saturated carbocycles. The lowest BCUT2D eigenvalue weighted by Gasteiger charge is -2.22. The molecule has 0 saturated heterocycles. The molecule has 0 aliphatic carbocycles. The maximum atomic E-state index is 13.9. The fourth-order valence-corrected chi connectivity index (χ4v) is 2.11. The van der Waals surface area contributed by atoms with Gasteiger partial charge >= 0.3 is 6.09 Å². The number of hydrogen-bond donors (Lipinski definition) is 2. The zero-order valence-corrected chi connectivity index (χ0v) is 14.2. The highest BCUT2D eigenvalue weighted by Gasteiger charge is 2.19. The van der Waals surface area contributed by atoms with Crippen molar-refractivity contribution in [2.24, 2.45) is 5.73 Å². The van der Waals surface area contributed by atoms with E-state index in [1.54, 1.807) is 34.9 Å². The first-order chi connectivity index (χ1) is 10.5. The SMILES string of the molecule is CN(C)c1c(CC(N)CNC(=O)OC(C)(C)C)ccc(F)c1F. The minimum atomic E-state index is -0.905. The van der Waals surface area contributed by atoms with Crippen molar-refractivity contribution in [1.82, 2.24) is 5.32 Å². The minimum Gasteiger partial charge on any atom is -0.444 e. The Kier molecular flexibility index (Phi) is 6.32. The van der Waals surface area contributed by atoms with Gasteiger partial charge in [-0.3, -0.25) is 0 Å². The third-order valence-electron chi connectivity index (χ3n) is 2.99. The predicted molar refractivity (Wildman–Crippen MR) is 86.6 cm³/mol. The van der Waals surface area contributed by atoms with Crippen molar-refractivity contribution in [1.29, 1.82) is 0 Å². The van der Waals surface area contributed by atoms with Crippen LogP contribution >= 0.6 is 0 Å². The van der Waals surface area contributed by atoms with Gasteiger partial charge in [0.2, 0.25) is 0 Å². The van der Waals surface area contributed by atoms with E-state index in [4.69, 9.17) is 10.5 Å². The summed E-state index contributed by atoms with van der Waals surface area (Å²) in [5.41, 5.74) is 6.12. The van der Waals surface area contributed by atoms with Gasteiger partial charge in [0, 0.05) is 26.7 Å². The summed E-state index contributed by atoms with van der Waals surface area (Å²) in [5.74, 6) is -1.81. The van der Waals surface area contributed by atoms with E-state index >= 15 is 0 Å². The highest BCUT2D eigenvalue weighted by Crippen LogP contribution is 2.25. The van der Waals surface area contributed by atoms with Gasteiger partial charge in [-0.05, 0) is 38.8 Å². The monoisotopic (exact) mass is 329 g/mol. The number of nitrogens with zero attached hydrogens (tertiary/aromatic N) is 1. The van der Waals surface area contributed by atoms with Crippen LogP contribution in [0.4, 0.5) is 19.3 Å². The van der Waals surface area contributed by atoms with E-state index in [-0.39, 0.29) is 12.2 Å². The summed E-state index contributed by atoms with van der Waals surface area (Å²) in [6, 6.07) is 2.12. The molecule has 0 aromatic heterocycles. The number of carbonyl (C=O) groups excluding carboxylic acids is 1. The molecule has 7 heteroatoms. The Morgan fingerprint density at radius 3 is 2.48 bits per heavy atom. The lowest BCUT2D eigenvalue weighted by Crippen LogP contribution is -2.41. The summed E-state index contributed by atoms with van der Waals surface area (Å²) in [6.45, 7) is 5.45. The zero-order valence-electron chi connectivity index (χ0n) is 14.2. The van der Waals surface area contributed by atoms with Gasteiger partial charge < -0.3 is 20.7 Å². The zero-order chi connectivity index (χ0) is 17.8. The summed E-state index contributed by atoms with van der Waals surface area (Å²) >= 11 is 0. The number of hydrogen-bond acceptors (Lipinski definition) is 4. The summed E-state index contributed by atoms with van der Waals surface area (Å²) in [5, 5.41) is 2.57. The maximum absolute atomic E-state index is 13.9. The van der Waals surface area contributed by atoms with Crippen molar-refractivity contribution < 1.29 is 18.3 Å². The average molecular weight is 329 g/mol. The van der Waals surface area contributed by atoms with E-state index in [1.165, 1.54) is 11.0 Å². The van der Waals surface area contributed by atoms with Gasteiger partial charge in [0.1, 0.15) is 5.60 Å². The molecule has 1 aromatic carbocycles. The summed E-state index contributed by atoms with van der Waals surface area (Å²) in [4.78, 5) is 13.1. The Morgan fingerprint density at radius 1 is 1.35 bits per heavy atom. The van der Waals surface area contributed by atoms with Crippen molar-refractivity contribution in [3.8, 4) is 0 Å². The normalized spacial score (nSPS) is 12.7. The Balaban J connectivity index is 2.70. The molecular weight excluding hydrogens is 304 g/mol. The number of halogens is 2. The molecule has 3 N–H and O–H groups in total. The molecular formula is C16H25F2N3O2. The third kappa shape index (κ3) is 6.02. The number of alkyl carbamates (subject to hydrolysis) is 1. The number of nitrogens with two attached hydrogens (primary N) is 1. The molecule has 0 fully saturated rings. The first-order valence-electron chi connectivity index (χ1n) is 7.38. The number of amides is 1. The van der Waals surface area contributed by atoms with E-state index in [9.17, 15) is 13.6 Å². The Bertz CT molecular complexity index is 557. The van der Waals surface area contributed by atoms with Crippen molar-refractivity contribution in [3.63, 3.8) is 0 Å². The largest absolute Gasteiger partial charge is 0.444 e. The van der Waals surface area contributed by atoms with E-state index in [1.807, 2.05) is 0 Å². The third-order valence-corrected chi connectivity index (χ3v) is 2.99. The molecule has 130 valence electrons. The molecule has 1 amide bonds. The van der Waals surface area contributed by atoms with Crippen LogP contribution in [-0.2, 0) is 11.2 Å². The van der Waals surface area contributed by atoms with Gasteiger partial charge in [-0.15, -0.1) is 0 Å². The van der Waals surface area contributed by atoms with Gasteiger partial charge in [-0.25, -0.2) is 13.6 Å². The molecule has 0 bridgehead atoms. The molecule has 0 heterocycles. The molecule has 1 atom stereocenters. The smallest absolute Gasteiger partial charge is 0.407 e. The lowest BCUT2D eigenvalue weighted by molar-refractivity contribution is 0.0524. The van der Waals surface area contributed by atoms with Crippen molar-refractivity contribution in [2.75, 3.05) is 25.5 Å². The Labute approximate surface area is 135 Å². The summed E-state index contributed by atoms with van der Waals surface area (Å²) in [7, 11) is 3.26. The van der Waals surface area contributed by atoms with E-state index in [0.29, 0.717) is 12.0 Å². The molecule has 1 unspecified atom stereocenters. The van der Waals surface area contributed by atoms with Crippen LogP contribution < -0.4 is 16.0 Å². The molecule has 0 spiro atoms. The number of ether oxygens (including phenoxy) is 1. The number of anilines is 1. The van der Waals surface area contributed by atoms with Crippen LogP contribution in [-0.4, -0.2) is 38.4 Å². The van der Waals surface area contributed by atoms with Gasteiger partial charge in [0.25, 0.3) is 0 Å². The minimum absolute atomic E-state index is 0.165. The maximum Gasteiger partial charge on any atom is 0.407 e. The van der Waals surface area contributed by atoms with Crippen LogP contribution in [0, 0.1) is 11.6 Å². The first-order valence-corrected chi connectivity index (χ1v) is 7.38. The van der Waals surface area contributed by atoms with Gasteiger partial charge in [-0.2, -0.15) is 0 Å². The molecule has 0 aliphatic rings. The summed E-state index contributed by atoms with van der Waals surface area (Å²) < 4.78 is 32.4. The van der Waals surface area contributed by atoms with E-state index in [2.05, 4.69) is 5.32 Å². The predicted octanol–water partition coefficient (Wildman–Crippen LogP) is 2.43. The molecule has 1 rings (SSSR count). The Hall–Kier alpha value is -1.89. The fraction of sp³-hybridized carbons (Fsp3) is 0.562. The Morgan fingerprint density at radius 2 is 1.96 bits per heavy atom. The standard InChI is InChI=1S/C16H25F2N3O2/c1-16(2,3)23-15(22)20-9-11(19)8-10-6-7-12(17)13(18)14(10)21(4)5/h6-7,11H,8-9,19H2,1-5H3,(H,20,22). The molecule has 0 aliphatic heterocycles. The molecule has 23 heavy (non-hydrogen) atoms. The van der Waals surface area contributed by atoms with Crippen molar-refractivity contribution in [2.45, 2.75) is 38.8 Å². The number of rotatable bonds is 5. The van der Waals surface area contributed by atoms with Crippen LogP contribution in [0.2, 0.25) is 0 Å². The number of nitrogens with one attached hydrogen (secondary N) is 1. The number of carbonyl (C=O) groups is 1. The molecule has 1 aromatic rings. The van der Waals surface area contributed by atoms with E-state index in [0.717, 1.165) is 6.07 Å². The van der Waals surface area contributed by atoms with Crippen LogP contribution in [0.5, 0.6) is 0 Å². The van der Waals surface area contributed by atoms with Crippen molar-refractivity contribution >= 4 is 11.8 Å². The average Bonchev–Trinajstić information content (AvgIpc) is 2.38. The van der Waals surface area contributed by atoms with Crippen LogP contribution in [0.15, 0.2) is 12.1 Å². The molecule has 0 radical (unpaired) electrons. The second kappa shape index (κ2) is 7.59. The second-order valence-corrected chi connectivity index (χ2v) is 6.61. The van der Waals surface area contributed by atoms with Crippen LogP contribution in [0.3, 0.4) is 0 Å². The first kappa shape index (κ1) is 19.2. The van der Waals surface area contributed by atoms with Crippen LogP contribution in [0.25, 0.3) is 0 Å². The van der Waals surface area contributed by atoms with Gasteiger partial charge in [0.05, 0.1) is 5.69 Å². The van der Waals surface area contributed by atoms with Crippen molar-refractivity contribution in [3.05, 3.63) is 29.3 Å².